The van der Waals surface area contributed by atoms with Gasteiger partial charge in [-0.2, -0.15) is 5.10 Å². The van der Waals surface area contributed by atoms with Crippen molar-refractivity contribution in [2.24, 2.45) is 0 Å². The van der Waals surface area contributed by atoms with Crippen LogP contribution in [-0.4, -0.2) is 10.2 Å². The van der Waals surface area contributed by atoms with Crippen LogP contribution in [0.1, 0.15) is 16.0 Å². The minimum atomic E-state index is -0.165. The molecule has 2 aromatic heterocycles. The Bertz CT molecular complexity index is 534. The molecule has 0 unspecified atom stereocenters. The minimum absolute atomic E-state index is 0.165. The number of hydrogen-bond acceptors (Lipinski definition) is 3. The molecule has 0 saturated heterocycles. The fourth-order valence-electron chi connectivity index (χ4n) is 1.46. The van der Waals surface area contributed by atoms with Crippen molar-refractivity contribution in [3.05, 3.63) is 38.5 Å². The second-order valence-electron chi connectivity index (χ2n) is 3.54. The number of aromatic nitrogens is 2. The van der Waals surface area contributed by atoms with Crippen molar-refractivity contribution in [1.29, 1.82) is 0 Å². The normalized spacial score (nSPS) is 10.6. The fourth-order valence-corrected chi connectivity index (χ4v) is 2.59. The van der Waals surface area contributed by atoms with Crippen molar-refractivity contribution in [2.45, 2.75) is 20.8 Å². The Balaban J connectivity index is 2.59. The lowest BCUT2D eigenvalue weighted by Gasteiger charge is -1.97. The smallest absolute Gasteiger partial charge is 0.264 e. The predicted octanol–water partition coefficient (Wildman–Crippen LogP) is 2.42. The minimum Gasteiger partial charge on any atom is -0.268 e. The molecule has 1 N–H and O–H groups in total. The molecule has 0 spiro atoms. The van der Waals surface area contributed by atoms with E-state index in [4.69, 9.17) is 0 Å². The Kier molecular flexibility index (Phi) is 2.44. The first-order valence-corrected chi connectivity index (χ1v) is 5.54. The van der Waals surface area contributed by atoms with Gasteiger partial charge in [-0.05, 0) is 38.0 Å². The Hall–Kier alpha value is -1.42. The summed E-state index contributed by atoms with van der Waals surface area (Å²) in [5, 5.41) is 6.49. The fraction of sp³-hybridized carbons (Fsp3) is 0.273. The van der Waals surface area contributed by atoms with Gasteiger partial charge in [0.1, 0.15) is 5.69 Å². The summed E-state index contributed by atoms with van der Waals surface area (Å²) in [6, 6.07) is 3.27. The Morgan fingerprint density at radius 3 is 2.40 bits per heavy atom. The van der Waals surface area contributed by atoms with Crippen molar-refractivity contribution in [3.63, 3.8) is 0 Å². The summed E-state index contributed by atoms with van der Waals surface area (Å²) >= 11 is 1.72. The molecule has 0 aliphatic rings. The molecular weight excluding hydrogens is 208 g/mol. The Labute approximate surface area is 91.8 Å². The lowest BCUT2D eigenvalue weighted by Crippen LogP contribution is -2.05. The molecule has 0 saturated carbocycles. The lowest BCUT2D eigenvalue weighted by atomic mass is 10.1. The van der Waals surface area contributed by atoms with E-state index >= 15 is 0 Å². The number of nitrogens with zero attached hydrogens (tertiary/aromatic N) is 1. The maximum absolute atomic E-state index is 10.9. The number of aromatic amines is 1. The molecule has 0 atom stereocenters. The van der Waals surface area contributed by atoms with Gasteiger partial charge < -0.3 is 0 Å². The maximum atomic E-state index is 10.9. The number of H-pyrrole nitrogens is 1. The van der Waals surface area contributed by atoms with E-state index < -0.39 is 0 Å². The zero-order valence-electron chi connectivity index (χ0n) is 8.92. The summed E-state index contributed by atoms with van der Waals surface area (Å²) < 4.78 is 0. The molecular formula is C11H12N2OS. The van der Waals surface area contributed by atoms with Gasteiger partial charge in [-0.1, -0.05) is 0 Å². The van der Waals surface area contributed by atoms with E-state index in [1.54, 1.807) is 17.4 Å². The van der Waals surface area contributed by atoms with Crippen LogP contribution < -0.4 is 5.56 Å². The molecule has 78 valence electrons. The van der Waals surface area contributed by atoms with Crippen molar-refractivity contribution >= 4 is 11.3 Å². The molecule has 0 aromatic carbocycles. The summed E-state index contributed by atoms with van der Waals surface area (Å²) in [5.74, 6) is 0. The van der Waals surface area contributed by atoms with Crippen molar-refractivity contribution in [1.82, 2.24) is 10.2 Å². The van der Waals surface area contributed by atoms with E-state index in [0.29, 0.717) is 0 Å². The molecule has 0 aliphatic heterocycles. The largest absolute Gasteiger partial charge is 0.268 e. The molecule has 2 rings (SSSR count). The molecule has 2 aromatic rings. The molecule has 2 heterocycles. The highest BCUT2D eigenvalue weighted by molar-refractivity contribution is 7.15. The van der Waals surface area contributed by atoms with Crippen LogP contribution in [0.4, 0.5) is 0 Å². The first kappa shape index (κ1) is 10.1. The summed E-state index contributed by atoms with van der Waals surface area (Å²) in [6.45, 7) is 6.29. The summed E-state index contributed by atoms with van der Waals surface area (Å²) in [6.07, 6.45) is 0. The lowest BCUT2D eigenvalue weighted by molar-refractivity contribution is 0.996. The van der Waals surface area contributed by atoms with Crippen LogP contribution in [0, 0.1) is 20.8 Å². The first-order chi connectivity index (χ1) is 7.09. The van der Waals surface area contributed by atoms with Crippen LogP contribution in [-0.2, 0) is 0 Å². The van der Waals surface area contributed by atoms with E-state index in [0.717, 1.165) is 10.6 Å². The van der Waals surface area contributed by atoms with Crippen LogP contribution in [0.5, 0.6) is 0 Å². The van der Waals surface area contributed by atoms with Crippen molar-refractivity contribution in [2.75, 3.05) is 0 Å². The third-order valence-corrected chi connectivity index (χ3v) is 3.93. The summed E-state index contributed by atoms with van der Waals surface area (Å²) in [5.41, 5.74) is 3.23. The van der Waals surface area contributed by atoms with Crippen LogP contribution in [0.15, 0.2) is 16.9 Å². The van der Waals surface area contributed by atoms with Gasteiger partial charge in [0.25, 0.3) is 5.56 Å². The van der Waals surface area contributed by atoms with Crippen molar-refractivity contribution < 1.29 is 0 Å². The molecule has 4 heteroatoms. The number of hydrogen-bond donors (Lipinski definition) is 1. The summed E-state index contributed by atoms with van der Waals surface area (Å²) in [7, 11) is 0. The van der Waals surface area contributed by atoms with Gasteiger partial charge in [0.2, 0.25) is 0 Å². The Morgan fingerprint density at radius 2 is 1.93 bits per heavy atom. The Morgan fingerprint density at radius 1 is 1.20 bits per heavy atom. The summed E-state index contributed by atoms with van der Waals surface area (Å²) in [4.78, 5) is 13.3. The zero-order valence-corrected chi connectivity index (χ0v) is 9.73. The molecule has 0 amide bonds. The van der Waals surface area contributed by atoms with Gasteiger partial charge in [0.05, 0.1) is 4.88 Å². The van der Waals surface area contributed by atoms with Gasteiger partial charge in [0, 0.05) is 10.9 Å². The molecule has 0 aliphatic carbocycles. The van der Waals surface area contributed by atoms with Gasteiger partial charge >= 0.3 is 0 Å². The van der Waals surface area contributed by atoms with Gasteiger partial charge in [-0.3, -0.25) is 4.79 Å². The molecule has 3 nitrogen and oxygen atoms in total. The number of nitrogens with one attached hydrogen (secondary N) is 1. The van der Waals surface area contributed by atoms with Gasteiger partial charge in [-0.25, -0.2) is 5.10 Å². The predicted molar refractivity (Wildman–Crippen MR) is 62.4 cm³/mol. The molecule has 0 fully saturated rings. The molecule has 15 heavy (non-hydrogen) atoms. The molecule has 0 radical (unpaired) electrons. The topological polar surface area (TPSA) is 45.8 Å². The monoisotopic (exact) mass is 220 g/mol. The van der Waals surface area contributed by atoms with E-state index in [2.05, 4.69) is 31.0 Å². The van der Waals surface area contributed by atoms with Crippen LogP contribution >= 0.6 is 11.3 Å². The quantitative estimate of drug-likeness (QED) is 0.802. The SMILES string of the molecule is Cc1sc(-c2ccc(=O)[nH]n2)c(C)c1C. The highest BCUT2D eigenvalue weighted by atomic mass is 32.1. The van der Waals surface area contributed by atoms with Gasteiger partial charge in [-0.15, -0.1) is 11.3 Å². The average molecular weight is 220 g/mol. The van der Waals surface area contributed by atoms with Gasteiger partial charge in [0.15, 0.2) is 0 Å². The second kappa shape index (κ2) is 3.62. The third kappa shape index (κ3) is 1.72. The van der Waals surface area contributed by atoms with Crippen LogP contribution in [0.2, 0.25) is 0 Å². The maximum Gasteiger partial charge on any atom is 0.264 e. The standard InChI is InChI=1S/C11H12N2OS/c1-6-7(2)11(15-8(6)3)9-4-5-10(14)13-12-9/h4-5H,1-3H3,(H,13,14). The number of thiophene rings is 1. The number of rotatable bonds is 1. The number of aryl methyl sites for hydroxylation is 1. The second-order valence-corrected chi connectivity index (χ2v) is 4.77. The highest BCUT2D eigenvalue weighted by Gasteiger charge is 2.11. The van der Waals surface area contributed by atoms with E-state index in [1.165, 1.54) is 22.1 Å². The third-order valence-electron chi connectivity index (χ3n) is 2.60. The highest BCUT2D eigenvalue weighted by Crippen LogP contribution is 2.33. The molecule has 0 bridgehead atoms. The van der Waals surface area contributed by atoms with E-state index in [9.17, 15) is 4.79 Å². The zero-order chi connectivity index (χ0) is 11.0. The van der Waals surface area contributed by atoms with Crippen molar-refractivity contribution in [3.8, 4) is 10.6 Å². The average Bonchev–Trinajstić information content (AvgIpc) is 2.47. The van der Waals surface area contributed by atoms with Crippen LogP contribution in [0.3, 0.4) is 0 Å². The van der Waals surface area contributed by atoms with E-state index in [-0.39, 0.29) is 5.56 Å². The first-order valence-electron chi connectivity index (χ1n) is 4.72. The van der Waals surface area contributed by atoms with E-state index in [1.807, 2.05) is 0 Å². The van der Waals surface area contributed by atoms with Crippen LogP contribution in [0.25, 0.3) is 10.6 Å².